The van der Waals surface area contributed by atoms with Gasteiger partial charge in [0.25, 0.3) is 5.91 Å². The van der Waals surface area contributed by atoms with Crippen LogP contribution in [0.2, 0.25) is 0 Å². The van der Waals surface area contributed by atoms with Crippen LogP contribution in [0.1, 0.15) is 45.6 Å². The maximum absolute atomic E-state index is 13.8. The van der Waals surface area contributed by atoms with Gasteiger partial charge in [-0.3, -0.25) is 9.78 Å². The lowest BCUT2D eigenvalue weighted by Gasteiger charge is -2.35. The molecule has 0 saturated carbocycles. The van der Waals surface area contributed by atoms with E-state index in [4.69, 9.17) is 4.98 Å². The molecule has 2 aliphatic rings. The third kappa shape index (κ3) is 4.39. The van der Waals surface area contributed by atoms with Crippen molar-refractivity contribution in [3.05, 3.63) is 76.5 Å². The van der Waals surface area contributed by atoms with Gasteiger partial charge in [-0.2, -0.15) is 4.31 Å². The number of hydrogen-bond donors (Lipinski definition) is 0. The number of aromatic nitrogens is 1. The first-order chi connectivity index (χ1) is 15.9. The van der Waals surface area contributed by atoms with Gasteiger partial charge in [0.05, 0.1) is 16.8 Å². The molecule has 172 valence electrons. The third-order valence-corrected chi connectivity index (χ3v) is 8.59. The quantitative estimate of drug-likeness (QED) is 0.591. The molecule has 7 heteroatoms. The van der Waals surface area contributed by atoms with E-state index in [1.165, 1.54) is 4.31 Å². The zero-order chi connectivity index (χ0) is 23.0. The first-order valence-corrected chi connectivity index (χ1v) is 13.3. The van der Waals surface area contributed by atoms with Gasteiger partial charge in [-0.1, -0.05) is 42.0 Å². The van der Waals surface area contributed by atoms with E-state index in [0.717, 1.165) is 64.5 Å². The second kappa shape index (κ2) is 8.88. The summed E-state index contributed by atoms with van der Waals surface area (Å²) in [6, 6.07) is 15.3. The molecule has 0 unspecified atom stereocenters. The summed E-state index contributed by atoms with van der Waals surface area (Å²) in [5, 5.41) is 0.916. The van der Waals surface area contributed by atoms with Crippen LogP contribution in [0.5, 0.6) is 0 Å². The monoisotopic (exact) mass is 463 g/mol. The second-order valence-electron chi connectivity index (χ2n) is 9.07. The molecule has 33 heavy (non-hydrogen) atoms. The molecule has 1 fully saturated rings. The normalized spacial score (nSPS) is 17.2. The van der Waals surface area contributed by atoms with Crippen LogP contribution in [0.4, 0.5) is 0 Å². The molecular weight excluding hydrogens is 434 g/mol. The summed E-state index contributed by atoms with van der Waals surface area (Å²) in [5.74, 6) is -0.00456. The second-order valence-corrected chi connectivity index (χ2v) is 11.0. The summed E-state index contributed by atoms with van der Waals surface area (Å²) in [4.78, 5) is 20.5. The van der Waals surface area contributed by atoms with Crippen LogP contribution < -0.4 is 0 Å². The molecule has 6 nitrogen and oxygen atoms in total. The van der Waals surface area contributed by atoms with Crippen LogP contribution in [0.15, 0.2) is 48.5 Å². The maximum Gasteiger partial charge on any atom is 0.254 e. The van der Waals surface area contributed by atoms with E-state index in [9.17, 15) is 13.2 Å². The van der Waals surface area contributed by atoms with Gasteiger partial charge in [0.2, 0.25) is 10.0 Å². The number of pyridine rings is 1. The highest BCUT2D eigenvalue weighted by molar-refractivity contribution is 7.88. The molecule has 5 rings (SSSR count). The topological polar surface area (TPSA) is 70.6 Å². The highest BCUT2D eigenvalue weighted by atomic mass is 32.2. The molecule has 0 N–H and O–H groups in total. The molecule has 1 aliphatic carbocycles. The number of sulfonamides is 1. The Balaban J connectivity index is 1.39. The van der Waals surface area contributed by atoms with Gasteiger partial charge in [-0.25, -0.2) is 8.42 Å². The van der Waals surface area contributed by atoms with Crippen LogP contribution in [-0.2, 0) is 28.6 Å². The van der Waals surface area contributed by atoms with E-state index < -0.39 is 10.0 Å². The number of carbonyl (C=O) groups excluding carboxylic acids is 1. The van der Waals surface area contributed by atoms with E-state index in [2.05, 4.69) is 6.07 Å². The highest BCUT2D eigenvalue weighted by Gasteiger charge is 2.32. The Morgan fingerprint density at radius 2 is 1.70 bits per heavy atom. The van der Waals surface area contributed by atoms with Crippen molar-refractivity contribution in [1.29, 1.82) is 0 Å². The molecule has 2 heterocycles. The number of rotatable bonds is 4. The van der Waals surface area contributed by atoms with Gasteiger partial charge in [-0.05, 0) is 55.9 Å². The Hall–Kier alpha value is -2.77. The van der Waals surface area contributed by atoms with Crippen LogP contribution in [-0.4, -0.2) is 54.7 Å². The first kappa shape index (κ1) is 22.0. The molecule has 1 amide bonds. The fourth-order valence-electron chi connectivity index (χ4n) is 4.99. The number of benzene rings is 2. The predicted molar refractivity (Wildman–Crippen MR) is 130 cm³/mol. The van der Waals surface area contributed by atoms with Crippen molar-refractivity contribution in [2.24, 2.45) is 0 Å². The number of aryl methyl sites for hydroxylation is 2. The number of hydrogen-bond acceptors (Lipinski definition) is 4. The Morgan fingerprint density at radius 3 is 2.45 bits per heavy atom. The summed E-state index contributed by atoms with van der Waals surface area (Å²) in [5.41, 5.74) is 5.66. The smallest absolute Gasteiger partial charge is 0.254 e. The lowest BCUT2D eigenvalue weighted by Crippen LogP contribution is -2.51. The predicted octanol–water partition coefficient (Wildman–Crippen LogP) is 3.71. The molecule has 1 aliphatic heterocycles. The molecule has 1 aromatic heterocycles. The van der Waals surface area contributed by atoms with Crippen molar-refractivity contribution in [1.82, 2.24) is 14.2 Å². The van der Waals surface area contributed by atoms with Gasteiger partial charge in [0, 0.05) is 37.3 Å². The van der Waals surface area contributed by atoms with Crippen molar-refractivity contribution in [2.45, 2.75) is 38.4 Å². The Bertz CT molecular complexity index is 1300. The summed E-state index contributed by atoms with van der Waals surface area (Å²) in [6.45, 7) is 3.48. The average molecular weight is 464 g/mol. The molecule has 1 saturated heterocycles. The van der Waals surface area contributed by atoms with Gasteiger partial charge in [-0.15, -0.1) is 0 Å². The SMILES string of the molecule is Cc1ccc2nc3c(c(C(=O)N4CCN(S(=O)(=O)Cc5ccccc5)CC4)c2c1)CCCC3. The molecular formula is C26H29N3O3S. The standard InChI is InChI=1S/C26H29N3O3S/c1-19-11-12-24-22(17-19)25(21-9-5-6-10-23(21)27-24)26(30)28-13-15-29(16-14-28)33(31,32)18-20-7-3-2-4-8-20/h2-4,7-8,11-12,17H,5-6,9-10,13-16,18H2,1H3. The summed E-state index contributed by atoms with van der Waals surface area (Å²) in [7, 11) is -3.42. The highest BCUT2D eigenvalue weighted by Crippen LogP contribution is 2.31. The number of nitrogens with zero attached hydrogens (tertiary/aromatic N) is 3. The lowest BCUT2D eigenvalue weighted by atomic mass is 9.89. The zero-order valence-electron chi connectivity index (χ0n) is 19.0. The van der Waals surface area contributed by atoms with Crippen LogP contribution in [0.25, 0.3) is 10.9 Å². The fourth-order valence-corrected chi connectivity index (χ4v) is 6.50. The largest absolute Gasteiger partial charge is 0.336 e. The van der Waals surface area contributed by atoms with Crippen LogP contribution >= 0.6 is 0 Å². The van der Waals surface area contributed by atoms with Gasteiger partial charge >= 0.3 is 0 Å². The van der Waals surface area contributed by atoms with Gasteiger partial charge in [0.15, 0.2) is 0 Å². The minimum Gasteiger partial charge on any atom is -0.336 e. The molecule has 0 atom stereocenters. The van der Waals surface area contributed by atoms with Gasteiger partial charge in [0.1, 0.15) is 0 Å². The fraction of sp³-hybridized carbons (Fsp3) is 0.385. The molecule has 2 aromatic carbocycles. The van der Waals surface area contributed by atoms with Crippen LogP contribution in [0.3, 0.4) is 0 Å². The zero-order valence-corrected chi connectivity index (χ0v) is 19.8. The van der Waals surface area contributed by atoms with Crippen LogP contribution in [0, 0.1) is 6.92 Å². The Morgan fingerprint density at radius 1 is 0.970 bits per heavy atom. The number of fused-ring (bicyclic) bond motifs is 2. The third-order valence-electron chi connectivity index (χ3n) is 6.74. The van der Waals surface area contributed by atoms with E-state index in [0.29, 0.717) is 26.2 Å². The van der Waals surface area contributed by atoms with E-state index in [1.807, 2.05) is 54.3 Å². The van der Waals surface area contributed by atoms with E-state index in [-0.39, 0.29) is 11.7 Å². The van der Waals surface area contributed by atoms with E-state index >= 15 is 0 Å². The molecule has 0 spiro atoms. The summed E-state index contributed by atoms with van der Waals surface area (Å²) in [6.07, 6.45) is 3.95. The lowest BCUT2D eigenvalue weighted by molar-refractivity contribution is 0.0698. The van der Waals surface area contributed by atoms with Gasteiger partial charge < -0.3 is 4.90 Å². The minimum atomic E-state index is -3.42. The molecule has 0 bridgehead atoms. The number of amides is 1. The van der Waals surface area contributed by atoms with Crippen molar-refractivity contribution >= 4 is 26.8 Å². The Kier molecular flexibility index (Phi) is 5.93. The number of piperazine rings is 1. The van der Waals surface area contributed by atoms with Crippen molar-refractivity contribution < 1.29 is 13.2 Å². The number of carbonyl (C=O) groups is 1. The van der Waals surface area contributed by atoms with Crippen molar-refractivity contribution in [2.75, 3.05) is 26.2 Å². The van der Waals surface area contributed by atoms with Crippen molar-refractivity contribution in [3.8, 4) is 0 Å². The molecule has 3 aromatic rings. The summed E-state index contributed by atoms with van der Waals surface area (Å²) < 4.78 is 27.4. The minimum absolute atomic E-state index is 0.00579. The van der Waals surface area contributed by atoms with E-state index in [1.54, 1.807) is 0 Å². The maximum atomic E-state index is 13.8. The summed E-state index contributed by atoms with van der Waals surface area (Å²) >= 11 is 0. The first-order valence-electron chi connectivity index (χ1n) is 11.7. The van der Waals surface area contributed by atoms with Crippen molar-refractivity contribution in [3.63, 3.8) is 0 Å². The average Bonchev–Trinajstić information content (AvgIpc) is 2.83. The Labute approximate surface area is 195 Å². The molecule has 0 radical (unpaired) electrons.